The van der Waals surface area contributed by atoms with E-state index in [1.165, 1.54) is 0 Å². The largest absolute Gasteiger partial charge is 0.369 e. The van der Waals surface area contributed by atoms with Crippen LogP contribution in [0.1, 0.15) is 11.8 Å². The number of halogens is 1. The Labute approximate surface area is 79.5 Å². The van der Waals surface area contributed by atoms with E-state index in [1.807, 2.05) is 0 Å². The van der Waals surface area contributed by atoms with E-state index in [-0.39, 0.29) is 0 Å². The average Bonchev–Trinajstić information content (AvgIpc) is 2.02. The van der Waals surface area contributed by atoms with Crippen molar-refractivity contribution in [2.45, 2.75) is 6.23 Å². The van der Waals surface area contributed by atoms with Crippen molar-refractivity contribution in [3.05, 3.63) is 28.8 Å². The summed E-state index contributed by atoms with van der Waals surface area (Å²) in [6, 6.07) is 4.62. The first-order chi connectivity index (χ1) is 6.18. The number of aliphatic hydroxyl groups is 1. The van der Waals surface area contributed by atoms with Crippen molar-refractivity contribution in [1.29, 1.82) is 0 Å². The summed E-state index contributed by atoms with van der Waals surface area (Å²) in [5.74, 6) is 0. The van der Waals surface area contributed by atoms with Crippen molar-refractivity contribution in [3.8, 4) is 0 Å². The van der Waals surface area contributed by atoms with E-state index < -0.39 is 12.3 Å². The van der Waals surface area contributed by atoms with Gasteiger partial charge < -0.3 is 15.7 Å². The van der Waals surface area contributed by atoms with E-state index in [9.17, 15) is 9.90 Å². The van der Waals surface area contributed by atoms with Crippen LogP contribution in [-0.2, 0) is 0 Å². The lowest BCUT2D eigenvalue weighted by atomic mass is 10.1. The fourth-order valence-electron chi connectivity index (χ4n) is 1.28. The Hall–Kier alpha value is -1.26. The summed E-state index contributed by atoms with van der Waals surface area (Å²) in [6.07, 6.45) is -1.03. The number of urea groups is 1. The topological polar surface area (TPSA) is 61.4 Å². The number of anilines is 1. The molecule has 2 amide bonds. The van der Waals surface area contributed by atoms with Gasteiger partial charge in [0.25, 0.3) is 0 Å². The zero-order chi connectivity index (χ0) is 9.42. The maximum atomic E-state index is 10.9. The van der Waals surface area contributed by atoms with Gasteiger partial charge in [-0.3, -0.25) is 0 Å². The molecule has 0 aromatic heterocycles. The minimum Gasteiger partial charge on any atom is -0.369 e. The van der Waals surface area contributed by atoms with Crippen LogP contribution in [0.25, 0.3) is 0 Å². The maximum Gasteiger partial charge on any atom is 0.321 e. The van der Waals surface area contributed by atoms with E-state index in [4.69, 9.17) is 11.6 Å². The van der Waals surface area contributed by atoms with Crippen LogP contribution in [0.15, 0.2) is 18.2 Å². The number of amides is 2. The van der Waals surface area contributed by atoms with Gasteiger partial charge in [0.1, 0.15) is 0 Å². The Morgan fingerprint density at radius 3 is 3.00 bits per heavy atom. The second kappa shape index (κ2) is 2.90. The summed E-state index contributed by atoms with van der Waals surface area (Å²) in [7, 11) is 0. The van der Waals surface area contributed by atoms with Crippen LogP contribution in [0, 0.1) is 0 Å². The van der Waals surface area contributed by atoms with Crippen LogP contribution in [0.5, 0.6) is 0 Å². The maximum absolute atomic E-state index is 10.9. The van der Waals surface area contributed by atoms with Gasteiger partial charge in [-0.05, 0) is 12.1 Å². The number of carbonyl (C=O) groups is 1. The minimum atomic E-state index is -1.03. The highest BCUT2D eigenvalue weighted by Crippen LogP contribution is 2.31. The summed E-state index contributed by atoms with van der Waals surface area (Å²) in [4.78, 5) is 10.9. The number of fused-ring (bicyclic) bond motifs is 1. The van der Waals surface area contributed by atoms with E-state index in [0.717, 1.165) is 0 Å². The van der Waals surface area contributed by atoms with Crippen molar-refractivity contribution in [1.82, 2.24) is 5.32 Å². The number of benzene rings is 1. The van der Waals surface area contributed by atoms with Gasteiger partial charge in [-0.2, -0.15) is 0 Å². The number of rotatable bonds is 0. The first-order valence-electron chi connectivity index (χ1n) is 3.72. The van der Waals surface area contributed by atoms with Crippen LogP contribution in [0.3, 0.4) is 0 Å². The summed E-state index contributed by atoms with van der Waals surface area (Å²) >= 11 is 5.83. The van der Waals surface area contributed by atoms with Gasteiger partial charge in [-0.1, -0.05) is 17.7 Å². The molecule has 68 valence electrons. The van der Waals surface area contributed by atoms with E-state index in [0.29, 0.717) is 16.3 Å². The van der Waals surface area contributed by atoms with Crippen LogP contribution >= 0.6 is 11.6 Å². The predicted molar refractivity (Wildman–Crippen MR) is 48.6 cm³/mol. The lowest BCUT2D eigenvalue weighted by Gasteiger charge is -2.23. The van der Waals surface area contributed by atoms with E-state index in [2.05, 4.69) is 10.6 Å². The molecule has 0 saturated carbocycles. The molecule has 1 unspecified atom stereocenters. The SMILES string of the molecule is O=C1Nc2cccc(Cl)c2C(O)N1. The number of hydrogen-bond donors (Lipinski definition) is 3. The van der Waals surface area contributed by atoms with E-state index >= 15 is 0 Å². The molecule has 5 heteroatoms. The zero-order valence-electron chi connectivity index (χ0n) is 6.54. The molecule has 4 nitrogen and oxygen atoms in total. The highest BCUT2D eigenvalue weighted by molar-refractivity contribution is 6.32. The van der Waals surface area contributed by atoms with Crippen LogP contribution < -0.4 is 10.6 Å². The molecule has 13 heavy (non-hydrogen) atoms. The molecule has 1 aromatic rings. The average molecular weight is 199 g/mol. The fraction of sp³-hybridized carbons (Fsp3) is 0.125. The lowest BCUT2D eigenvalue weighted by molar-refractivity contribution is 0.144. The molecule has 1 aliphatic rings. The second-order valence-corrected chi connectivity index (χ2v) is 3.11. The smallest absolute Gasteiger partial charge is 0.321 e. The van der Waals surface area contributed by atoms with Gasteiger partial charge in [-0.25, -0.2) is 4.79 Å². The summed E-state index contributed by atoms with van der Waals surface area (Å²) < 4.78 is 0. The van der Waals surface area contributed by atoms with E-state index in [1.54, 1.807) is 18.2 Å². The Kier molecular flexibility index (Phi) is 1.86. The van der Waals surface area contributed by atoms with Crippen molar-refractivity contribution < 1.29 is 9.90 Å². The number of carbonyl (C=O) groups excluding carboxylic acids is 1. The van der Waals surface area contributed by atoms with Gasteiger partial charge >= 0.3 is 6.03 Å². The fourth-order valence-corrected chi connectivity index (χ4v) is 1.56. The first-order valence-corrected chi connectivity index (χ1v) is 4.10. The van der Waals surface area contributed by atoms with Crippen LogP contribution in [0.2, 0.25) is 5.02 Å². The van der Waals surface area contributed by atoms with Crippen molar-refractivity contribution >= 4 is 23.3 Å². The Morgan fingerprint density at radius 1 is 1.46 bits per heavy atom. The predicted octanol–water partition coefficient (Wildman–Crippen LogP) is 1.47. The molecule has 3 N–H and O–H groups in total. The third-order valence-corrected chi connectivity index (χ3v) is 2.17. The van der Waals surface area contributed by atoms with Crippen molar-refractivity contribution in [3.63, 3.8) is 0 Å². The third-order valence-electron chi connectivity index (χ3n) is 1.84. The molecular weight excluding hydrogens is 192 g/mol. The third kappa shape index (κ3) is 1.34. The molecule has 1 atom stereocenters. The van der Waals surface area contributed by atoms with Gasteiger partial charge in [-0.15, -0.1) is 0 Å². The minimum absolute atomic E-state index is 0.428. The summed E-state index contributed by atoms with van der Waals surface area (Å²) in [5, 5.41) is 14.7. The quantitative estimate of drug-likeness (QED) is 0.591. The molecule has 0 fully saturated rings. The Balaban J connectivity index is 2.55. The normalized spacial score (nSPS) is 20.2. The molecule has 2 rings (SSSR count). The molecule has 1 aromatic carbocycles. The molecule has 1 heterocycles. The Morgan fingerprint density at radius 2 is 2.23 bits per heavy atom. The highest BCUT2D eigenvalue weighted by atomic mass is 35.5. The summed E-state index contributed by atoms with van der Waals surface area (Å²) in [5.41, 5.74) is 1.05. The van der Waals surface area contributed by atoms with Gasteiger partial charge in [0.15, 0.2) is 6.23 Å². The van der Waals surface area contributed by atoms with Crippen molar-refractivity contribution in [2.24, 2.45) is 0 Å². The van der Waals surface area contributed by atoms with Crippen LogP contribution in [0.4, 0.5) is 10.5 Å². The number of aliphatic hydroxyl groups excluding tert-OH is 1. The molecular formula is C8H7ClN2O2. The number of hydrogen-bond acceptors (Lipinski definition) is 2. The molecule has 0 saturated heterocycles. The molecule has 0 spiro atoms. The monoisotopic (exact) mass is 198 g/mol. The van der Waals surface area contributed by atoms with Gasteiger partial charge in [0.05, 0.1) is 10.7 Å². The zero-order valence-corrected chi connectivity index (χ0v) is 7.30. The molecule has 0 aliphatic carbocycles. The number of nitrogens with one attached hydrogen (secondary N) is 2. The Bertz CT molecular complexity index is 367. The van der Waals surface area contributed by atoms with Crippen molar-refractivity contribution in [2.75, 3.05) is 5.32 Å². The second-order valence-electron chi connectivity index (χ2n) is 2.70. The molecule has 1 aliphatic heterocycles. The lowest BCUT2D eigenvalue weighted by Crippen LogP contribution is -2.37. The molecule has 0 bridgehead atoms. The van der Waals surface area contributed by atoms with Gasteiger partial charge in [0.2, 0.25) is 0 Å². The first kappa shape index (κ1) is 8.34. The summed E-state index contributed by atoms with van der Waals surface area (Å²) in [6.45, 7) is 0. The van der Waals surface area contributed by atoms with Gasteiger partial charge in [0, 0.05) is 5.56 Å². The standard InChI is InChI=1S/C8H7ClN2O2/c9-4-2-1-3-5-6(4)7(12)11-8(13)10-5/h1-3,7,12H,(H2,10,11,13). The molecule has 0 radical (unpaired) electrons. The highest BCUT2D eigenvalue weighted by Gasteiger charge is 2.23. The van der Waals surface area contributed by atoms with Crippen LogP contribution in [-0.4, -0.2) is 11.1 Å².